The highest BCUT2D eigenvalue weighted by Crippen LogP contribution is 2.37. The second-order valence-corrected chi connectivity index (χ2v) is 6.92. The van der Waals surface area contributed by atoms with Crippen LogP contribution in [0.15, 0.2) is 21.1 Å². The third-order valence-corrected chi connectivity index (χ3v) is 5.06. The van der Waals surface area contributed by atoms with Crippen LogP contribution >= 0.6 is 31.9 Å². The molecule has 2 rings (SSSR count). The van der Waals surface area contributed by atoms with Gasteiger partial charge in [-0.25, -0.2) is 0 Å². The van der Waals surface area contributed by atoms with Crippen LogP contribution in [0, 0.1) is 0 Å². The van der Waals surface area contributed by atoms with Gasteiger partial charge in [0.2, 0.25) is 0 Å². The number of hydrogen-bond acceptors (Lipinski definition) is 2. The largest absolute Gasteiger partial charge is 0.492 e. The molecule has 4 heteroatoms. The predicted octanol–water partition coefficient (Wildman–Crippen LogP) is 5.03. The second kappa shape index (κ2) is 6.59. The highest BCUT2D eigenvalue weighted by Gasteiger charge is 2.34. The normalized spacial score (nSPS) is 17.1. The molecule has 1 aromatic carbocycles. The smallest absolute Gasteiger partial charge is 0.138 e. The average Bonchev–Trinajstić information content (AvgIpc) is 2.32. The van der Waals surface area contributed by atoms with Crippen molar-refractivity contribution in [3.8, 4) is 5.75 Å². The molecule has 0 radical (unpaired) electrons. The molecule has 0 atom stereocenters. The average molecular weight is 391 g/mol. The number of halogens is 2. The molecule has 0 aliphatic heterocycles. The molecule has 1 N–H and O–H groups in total. The second-order valence-electron chi connectivity index (χ2n) is 5.15. The van der Waals surface area contributed by atoms with Crippen LogP contribution in [0.5, 0.6) is 5.75 Å². The molecule has 1 saturated carbocycles. The molecule has 19 heavy (non-hydrogen) atoms. The van der Waals surface area contributed by atoms with Crippen molar-refractivity contribution >= 4 is 31.9 Å². The molecule has 106 valence electrons. The Hall–Kier alpha value is -0.0600. The third-order valence-electron chi connectivity index (χ3n) is 4.02. The van der Waals surface area contributed by atoms with E-state index in [1.54, 1.807) is 0 Å². The first kappa shape index (κ1) is 15.3. The molecule has 0 amide bonds. The highest BCUT2D eigenvalue weighted by molar-refractivity contribution is 9.11. The summed E-state index contributed by atoms with van der Waals surface area (Å²) in [5.41, 5.74) is 1.57. The minimum absolute atomic E-state index is 0.359. The van der Waals surface area contributed by atoms with Crippen LogP contribution in [0.4, 0.5) is 0 Å². The van der Waals surface area contributed by atoms with E-state index in [9.17, 15) is 0 Å². The van der Waals surface area contributed by atoms with E-state index >= 15 is 0 Å². The lowest BCUT2D eigenvalue weighted by molar-refractivity contribution is 0.174. The van der Waals surface area contributed by atoms with Gasteiger partial charge in [0.1, 0.15) is 5.75 Å². The molecule has 1 aliphatic rings. The van der Waals surface area contributed by atoms with Gasteiger partial charge in [-0.05, 0) is 60.7 Å². The van der Waals surface area contributed by atoms with Crippen molar-refractivity contribution in [1.82, 2.24) is 5.32 Å². The Bertz CT molecular complexity index is 439. The van der Waals surface area contributed by atoms with Crippen LogP contribution in [-0.4, -0.2) is 12.1 Å². The van der Waals surface area contributed by atoms with Crippen LogP contribution in [0.2, 0.25) is 0 Å². The quantitative estimate of drug-likeness (QED) is 0.735. The first-order valence-electron chi connectivity index (χ1n) is 6.96. The Kier molecular flexibility index (Phi) is 5.32. The highest BCUT2D eigenvalue weighted by atomic mass is 79.9. The van der Waals surface area contributed by atoms with Gasteiger partial charge in [-0.1, -0.05) is 22.9 Å². The van der Waals surface area contributed by atoms with Gasteiger partial charge in [0.15, 0.2) is 0 Å². The molecular formula is C15H21Br2NO. The van der Waals surface area contributed by atoms with Crippen molar-refractivity contribution in [2.75, 3.05) is 6.61 Å². The fourth-order valence-corrected chi connectivity index (χ4v) is 4.02. The monoisotopic (exact) mass is 389 g/mol. The summed E-state index contributed by atoms with van der Waals surface area (Å²) < 4.78 is 7.86. The van der Waals surface area contributed by atoms with E-state index < -0.39 is 0 Å². The minimum atomic E-state index is 0.359. The van der Waals surface area contributed by atoms with Crippen molar-refractivity contribution in [3.05, 3.63) is 26.6 Å². The maximum absolute atomic E-state index is 5.77. The van der Waals surface area contributed by atoms with Gasteiger partial charge in [0.05, 0.1) is 11.1 Å². The number of rotatable bonds is 6. The summed E-state index contributed by atoms with van der Waals surface area (Å²) in [6.45, 7) is 5.84. The van der Waals surface area contributed by atoms with Gasteiger partial charge in [-0.3, -0.25) is 0 Å². The molecular weight excluding hydrogens is 370 g/mol. The predicted molar refractivity (Wildman–Crippen MR) is 86.7 cm³/mol. The van der Waals surface area contributed by atoms with Crippen LogP contribution in [0.3, 0.4) is 0 Å². The van der Waals surface area contributed by atoms with Gasteiger partial charge in [-0.2, -0.15) is 0 Å². The van der Waals surface area contributed by atoms with E-state index in [-0.39, 0.29) is 0 Å². The number of benzene rings is 1. The molecule has 0 unspecified atom stereocenters. The van der Waals surface area contributed by atoms with Crippen LogP contribution in [0.25, 0.3) is 0 Å². The van der Waals surface area contributed by atoms with Crippen molar-refractivity contribution in [1.29, 1.82) is 0 Å². The summed E-state index contributed by atoms with van der Waals surface area (Å²) in [5.74, 6) is 0.962. The molecule has 0 heterocycles. The molecule has 1 aliphatic carbocycles. The van der Waals surface area contributed by atoms with Gasteiger partial charge in [0.25, 0.3) is 0 Å². The Morgan fingerprint density at radius 2 is 2.00 bits per heavy atom. The first-order chi connectivity index (χ1) is 9.10. The van der Waals surface area contributed by atoms with E-state index in [1.165, 1.54) is 31.2 Å². The number of ether oxygens (including phenoxy) is 1. The van der Waals surface area contributed by atoms with Crippen molar-refractivity contribution in [2.24, 2.45) is 0 Å². The van der Waals surface area contributed by atoms with Crippen molar-refractivity contribution in [2.45, 2.75) is 51.6 Å². The lowest BCUT2D eigenvalue weighted by atomic mass is 9.75. The zero-order valence-electron chi connectivity index (χ0n) is 11.6. The summed E-state index contributed by atoms with van der Waals surface area (Å²) in [6.07, 6.45) is 5.14. The summed E-state index contributed by atoms with van der Waals surface area (Å²) in [7, 11) is 0. The maximum Gasteiger partial charge on any atom is 0.138 e. The summed E-state index contributed by atoms with van der Waals surface area (Å²) >= 11 is 7.14. The van der Waals surface area contributed by atoms with E-state index in [1.807, 2.05) is 13.0 Å². The third kappa shape index (κ3) is 3.53. The van der Waals surface area contributed by atoms with Crippen LogP contribution in [0.1, 0.15) is 45.1 Å². The van der Waals surface area contributed by atoms with Gasteiger partial charge < -0.3 is 10.1 Å². The molecule has 0 bridgehead atoms. The van der Waals surface area contributed by atoms with Gasteiger partial charge in [-0.15, -0.1) is 0 Å². The minimum Gasteiger partial charge on any atom is -0.492 e. The fraction of sp³-hybridized carbons (Fsp3) is 0.600. The van der Waals surface area contributed by atoms with E-state index in [0.29, 0.717) is 12.1 Å². The van der Waals surface area contributed by atoms with Crippen LogP contribution in [-0.2, 0) is 6.54 Å². The molecule has 1 fully saturated rings. The molecule has 0 saturated heterocycles. The molecule has 1 aromatic rings. The zero-order valence-corrected chi connectivity index (χ0v) is 14.7. The Labute approximate surface area is 132 Å². The lowest BCUT2D eigenvalue weighted by Crippen LogP contribution is -2.49. The molecule has 2 nitrogen and oxygen atoms in total. The van der Waals surface area contributed by atoms with E-state index in [0.717, 1.165) is 21.2 Å². The Morgan fingerprint density at radius 3 is 2.53 bits per heavy atom. The Balaban J connectivity index is 2.14. The summed E-state index contributed by atoms with van der Waals surface area (Å²) in [5, 5.41) is 3.73. The molecule has 0 spiro atoms. The first-order valence-corrected chi connectivity index (χ1v) is 8.54. The molecule has 0 aromatic heterocycles. The summed E-state index contributed by atoms with van der Waals surface area (Å²) in [4.78, 5) is 0. The standard InChI is InChI=1S/C15H21Br2NO/c1-3-15(6-5-7-15)18-10-11-8-12(16)9-13(17)14(11)19-4-2/h8-9,18H,3-7,10H2,1-2H3. The van der Waals surface area contributed by atoms with Gasteiger partial charge in [0, 0.05) is 22.1 Å². The number of hydrogen-bond donors (Lipinski definition) is 1. The Morgan fingerprint density at radius 1 is 1.26 bits per heavy atom. The summed E-state index contributed by atoms with van der Waals surface area (Å²) in [6, 6.07) is 4.18. The fourth-order valence-electron chi connectivity index (χ4n) is 2.59. The lowest BCUT2D eigenvalue weighted by Gasteiger charge is -2.42. The van der Waals surface area contributed by atoms with Crippen molar-refractivity contribution in [3.63, 3.8) is 0 Å². The van der Waals surface area contributed by atoms with Crippen LogP contribution < -0.4 is 10.1 Å². The maximum atomic E-state index is 5.77. The van der Waals surface area contributed by atoms with Gasteiger partial charge >= 0.3 is 0 Å². The van der Waals surface area contributed by atoms with E-state index in [2.05, 4.69) is 50.2 Å². The van der Waals surface area contributed by atoms with Crippen molar-refractivity contribution < 1.29 is 4.74 Å². The number of nitrogens with one attached hydrogen (secondary N) is 1. The SMILES string of the molecule is CCOc1c(Br)cc(Br)cc1CNC1(CC)CCC1. The topological polar surface area (TPSA) is 21.3 Å². The zero-order chi connectivity index (χ0) is 13.9. The van der Waals surface area contributed by atoms with E-state index in [4.69, 9.17) is 4.74 Å².